The topological polar surface area (TPSA) is 0 Å². The van der Waals surface area contributed by atoms with Crippen LogP contribution < -0.4 is 3.27 Å². The Morgan fingerprint density at radius 1 is 0.500 bits per heavy atom. The zero-order valence-electron chi connectivity index (χ0n) is 18.4. The van der Waals surface area contributed by atoms with E-state index in [1.807, 2.05) is 0 Å². The summed E-state index contributed by atoms with van der Waals surface area (Å²) >= 11 is 1.75. The van der Waals surface area contributed by atoms with Crippen LogP contribution in [0.15, 0.2) is 109 Å². The molecular weight excluding hydrogens is 582 g/mol. The maximum absolute atomic E-state index is 2.40. The van der Waals surface area contributed by atoms with Gasteiger partial charge in [-0.3, -0.25) is 0 Å². The van der Waals surface area contributed by atoms with E-state index in [0.29, 0.717) is 5.92 Å². The van der Waals surface area contributed by atoms with E-state index in [4.69, 9.17) is 0 Å². The molecule has 0 radical (unpaired) electrons. The quantitative estimate of drug-likeness (QED) is 0.206. The molecule has 0 nitrogen and oxygen atoms in total. The van der Waals surface area contributed by atoms with Gasteiger partial charge in [-0.15, -0.1) is 0 Å². The summed E-state index contributed by atoms with van der Waals surface area (Å²) in [4.78, 5) is 0. The van der Waals surface area contributed by atoms with Crippen molar-refractivity contribution in [2.24, 2.45) is 5.92 Å². The van der Waals surface area contributed by atoms with Crippen molar-refractivity contribution < 1.29 is 24.7 Å². The molecule has 4 aromatic carbocycles. The van der Waals surface area contributed by atoms with E-state index in [2.05, 4.69) is 109 Å². The zero-order valence-corrected chi connectivity index (χ0v) is 21.3. The van der Waals surface area contributed by atoms with Crippen molar-refractivity contribution >= 4 is 3.27 Å². The van der Waals surface area contributed by atoms with Crippen LogP contribution in [0.3, 0.4) is 0 Å². The summed E-state index contributed by atoms with van der Waals surface area (Å²) in [6, 6.07) is 40.8. The van der Waals surface area contributed by atoms with Gasteiger partial charge >= 0.3 is 202 Å². The zero-order chi connectivity index (χ0) is 21.8. The van der Waals surface area contributed by atoms with E-state index < -0.39 is 0 Å². The summed E-state index contributed by atoms with van der Waals surface area (Å²) in [5.41, 5.74) is 6.72. The van der Waals surface area contributed by atoms with Crippen LogP contribution in [0.1, 0.15) is 48.8 Å². The Balaban J connectivity index is 1.72. The van der Waals surface area contributed by atoms with Crippen molar-refractivity contribution in [2.45, 2.75) is 37.5 Å². The van der Waals surface area contributed by atoms with E-state index in [1.54, 1.807) is 24.7 Å². The molecule has 1 atom stereocenters. The first-order chi connectivity index (χ1) is 15.8. The van der Waals surface area contributed by atoms with Crippen molar-refractivity contribution in [3.8, 4) is 11.1 Å². The van der Waals surface area contributed by atoms with Crippen LogP contribution in [-0.2, 0) is 5.41 Å². The van der Waals surface area contributed by atoms with Gasteiger partial charge in [-0.25, -0.2) is 0 Å². The van der Waals surface area contributed by atoms with Gasteiger partial charge in [-0.1, -0.05) is 6.07 Å². The van der Waals surface area contributed by atoms with Crippen molar-refractivity contribution in [1.82, 2.24) is 0 Å². The van der Waals surface area contributed by atoms with E-state index in [1.165, 1.54) is 63.2 Å². The third-order valence-corrected chi connectivity index (χ3v) is 8.17. The molecule has 1 unspecified atom stereocenters. The van der Waals surface area contributed by atoms with E-state index >= 15 is 0 Å². The van der Waals surface area contributed by atoms with Crippen LogP contribution in [0.2, 0.25) is 0 Å². The summed E-state index contributed by atoms with van der Waals surface area (Å²) in [5, 5.41) is 0. The second-order valence-corrected chi connectivity index (χ2v) is 10.7. The molecule has 32 heavy (non-hydrogen) atoms. The summed E-state index contributed by atoms with van der Waals surface area (Å²) in [6.07, 6.45) is 6.59. The van der Waals surface area contributed by atoms with Gasteiger partial charge in [0.2, 0.25) is 0 Å². The number of rotatable bonds is 5. The van der Waals surface area contributed by atoms with E-state index in [9.17, 15) is 0 Å². The standard InChI is InChI=1S/C31H29At/c32-30-22-20-29(21-23-30)31(26-12-6-2-7-13-26,27-14-8-3-9-15-27)28-18-16-25(17-19-28)24-10-4-1-5-11-24/h1-2,4-7,10-13,16-23,27H,3,8-9,14-15H2. The first kappa shape index (κ1) is 21.6. The fourth-order valence-corrected chi connectivity index (χ4v) is 6.20. The molecule has 1 saturated carbocycles. The van der Waals surface area contributed by atoms with Crippen LogP contribution in [0.25, 0.3) is 11.1 Å². The fourth-order valence-electron chi connectivity index (χ4n) is 5.71. The Hall–Kier alpha value is -2.24. The van der Waals surface area contributed by atoms with Gasteiger partial charge < -0.3 is 0 Å². The van der Waals surface area contributed by atoms with Crippen LogP contribution in [-0.4, -0.2) is 0 Å². The second kappa shape index (κ2) is 9.72. The first-order valence-corrected chi connectivity index (χ1v) is 13.2. The van der Waals surface area contributed by atoms with Gasteiger partial charge in [0.25, 0.3) is 0 Å². The summed E-state index contributed by atoms with van der Waals surface area (Å²) in [7, 11) is 0. The van der Waals surface area contributed by atoms with Gasteiger partial charge in [0.15, 0.2) is 0 Å². The molecule has 0 bridgehead atoms. The Morgan fingerprint density at radius 2 is 0.969 bits per heavy atom. The Morgan fingerprint density at radius 3 is 1.56 bits per heavy atom. The van der Waals surface area contributed by atoms with Crippen molar-refractivity contribution in [3.05, 3.63) is 126 Å². The molecule has 0 heterocycles. The van der Waals surface area contributed by atoms with E-state index in [0.717, 1.165) is 0 Å². The van der Waals surface area contributed by atoms with Gasteiger partial charge in [-0.2, -0.15) is 0 Å². The molecule has 4 aromatic rings. The molecular formula is C31H29At. The number of hydrogen-bond acceptors (Lipinski definition) is 0. The van der Waals surface area contributed by atoms with Crippen LogP contribution >= 0.6 is 0 Å². The summed E-state index contributed by atoms with van der Waals surface area (Å²) in [5.74, 6) is 0.605. The first-order valence-electron chi connectivity index (χ1n) is 11.8. The molecule has 0 aliphatic heterocycles. The SMILES string of the molecule is [At]c1ccc(C(c2ccccc2)(c2ccc(-c3ccccc3)cc2)C2CCCCC2)cc1. The van der Waals surface area contributed by atoms with Gasteiger partial charge in [0.1, 0.15) is 0 Å². The van der Waals surface area contributed by atoms with E-state index in [-0.39, 0.29) is 5.41 Å². The third kappa shape index (κ3) is 4.09. The second-order valence-electron chi connectivity index (χ2n) is 8.96. The Bertz CT molecular complexity index is 1120. The third-order valence-electron chi connectivity index (χ3n) is 7.19. The van der Waals surface area contributed by atoms with Crippen LogP contribution in [0, 0.1) is 30.6 Å². The molecule has 160 valence electrons. The predicted molar refractivity (Wildman–Crippen MR) is 131 cm³/mol. The van der Waals surface area contributed by atoms with Crippen LogP contribution in [0.4, 0.5) is 0 Å². The van der Waals surface area contributed by atoms with Gasteiger partial charge in [0, 0.05) is 0 Å². The number of benzene rings is 4. The Kier molecular flexibility index (Phi) is 6.56. The normalized spacial score (nSPS) is 16.4. The van der Waals surface area contributed by atoms with Gasteiger partial charge in [-0.05, 0) is 0 Å². The number of hydrogen-bond donors (Lipinski definition) is 0. The average Bonchev–Trinajstić information content (AvgIpc) is 2.88. The summed E-state index contributed by atoms with van der Waals surface area (Å²) < 4.78 is 1.37. The van der Waals surface area contributed by atoms with Crippen LogP contribution in [0.5, 0.6) is 0 Å². The molecule has 0 spiro atoms. The molecule has 5 rings (SSSR count). The molecule has 1 heteroatoms. The molecule has 1 fully saturated rings. The predicted octanol–water partition coefficient (Wildman–Crippen LogP) is 7.44. The molecule has 0 N–H and O–H groups in total. The molecule has 0 aromatic heterocycles. The minimum absolute atomic E-state index is 0.114. The monoisotopic (exact) mass is 611 g/mol. The van der Waals surface area contributed by atoms with Crippen molar-refractivity contribution in [3.63, 3.8) is 0 Å². The maximum atomic E-state index is 2.40. The van der Waals surface area contributed by atoms with Gasteiger partial charge in [0.05, 0.1) is 0 Å². The average molecular weight is 612 g/mol. The minimum atomic E-state index is -0.114. The fraction of sp³-hybridized carbons (Fsp3) is 0.226. The molecule has 0 saturated heterocycles. The summed E-state index contributed by atoms with van der Waals surface area (Å²) in [6.45, 7) is 0. The Labute approximate surface area is 207 Å². The molecule has 0 amide bonds. The van der Waals surface area contributed by atoms with Crippen molar-refractivity contribution in [1.29, 1.82) is 0 Å². The molecule has 1 aliphatic rings. The van der Waals surface area contributed by atoms with Crippen molar-refractivity contribution in [2.75, 3.05) is 0 Å². The molecule has 1 aliphatic carbocycles.